The first kappa shape index (κ1) is 16.3. The quantitative estimate of drug-likeness (QED) is 0.795. The van der Waals surface area contributed by atoms with Gasteiger partial charge < -0.3 is 9.64 Å². The van der Waals surface area contributed by atoms with Crippen LogP contribution in [0.5, 0.6) is 0 Å². The second-order valence-electron chi connectivity index (χ2n) is 6.20. The fourth-order valence-electron chi connectivity index (χ4n) is 2.21. The summed E-state index contributed by atoms with van der Waals surface area (Å²) in [5, 5.41) is 0. The third kappa shape index (κ3) is 5.80. The van der Waals surface area contributed by atoms with Gasteiger partial charge in [-0.1, -0.05) is 6.92 Å². The van der Waals surface area contributed by atoms with Crippen LogP contribution in [0.1, 0.15) is 40.5 Å². The number of ether oxygens (including phenoxy) is 1. The molecule has 1 aliphatic heterocycles. The summed E-state index contributed by atoms with van der Waals surface area (Å²) in [6.07, 6.45) is 1.04. The van der Waals surface area contributed by atoms with E-state index in [4.69, 9.17) is 4.74 Å². The molecule has 0 bridgehead atoms. The van der Waals surface area contributed by atoms with E-state index in [0.717, 1.165) is 6.42 Å². The van der Waals surface area contributed by atoms with E-state index in [1.54, 1.807) is 4.90 Å². The lowest BCUT2D eigenvalue weighted by molar-refractivity contribution is 0.0289. The number of carbonyl (C=O) groups excluding carboxylic acids is 1. The molecule has 19 heavy (non-hydrogen) atoms. The highest BCUT2D eigenvalue weighted by Crippen LogP contribution is 2.21. The number of hydrogen-bond acceptors (Lipinski definition) is 4. The van der Waals surface area contributed by atoms with Gasteiger partial charge in [0.05, 0.1) is 5.75 Å². The Hall–Kier alpha value is -0.780. The summed E-state index contributed by atoms with van der Waals surface area (Å²) < 4.78 is 28.8. The van der Waals surface area contributed by atoms with Crippen LogP contribution in [-0.2, 0) is 14.6 Å². The van der Waals surface area contributed by atoms with E-state index in [1.165, 1.54) is 0 Å². The number of carbonyl (C=O) groups is 1. The Kier molecular flexibility index (Phi) is 5.24. The van der Waals surface area contributed by atoms with E-state index in [2.05, 4.69) is 0 Å². The summed E-state index contributed by atoms with van der Waals surface area (Å²) >= 11 is 0. The van der Waals surface area contributed by atoms with Gasteiger partial charge in [-0.3, -0.25) is 0 Å². The molecule has 0 aromatic heterocycles. The molecule has 112 valence electrons. The van der Waals surface area contributed by atoms with Gasteiger partial charge in [-0.15, -0.1) is 0 Å². The molecule has 1 saturated heterocycles. The molecular weight excluding hydrogens is 266 g/mol. The maximum Gasteiger partial charge on any atom is 0.410 e. The largest absolute Gasteiger partial charge is 0.444 e. The number of rotatable bonds is 4. The molecule has 1 amide bonds. The molecule has 0 radical (unpaired) electrons. The molecule has 0 N–H and O–H groups in total. The van der Waals surface area contributed by atoms with Crippen LogP contribution in [0, 0.1) is 5.92 Å². The second kappa shape index (κ2) is 6.11. The Labute approximate surface area is 116 Å². The highest BCUT2D eigenvalue weighted by Gasteiger charge is 2.31. The van der Waals surface area contributed by atoms with Gasteiger partial charge in [0.25, 0.3) is 0 Å². The van der Waals surface area contributed by atoms with Crippen LogP contribution in [0.2, 0.25) is 0 Å². The summed E-state index contributed by atoms with van der Waals surface area (Å²) in [6, 6.07) is 0. The van der Waals surface area contributed by atoms with Crippen molar-refractivity contribution in [2.45, 2.75) is 46.1 Å². The van der Waals surface area contributed by atoms with Gasteiger partial charge in [-0.2, -0.15) is 0 Å². The number of nitrogens with zero attached hydrogens (tertiary/aromatic N) is 1. The third-order valence-electron chi connectivity index (χ3n) is 2.94. The molecule has 1 atom stereocenters. The average molecular weight is 291 g/mol. The van der Waals surface area contributed by atoms with Gasteiger partial charge in [-0.25, -0.2) is 13.2 Å². The van der Waals surface area contributed by atoms with E-state index < -0.39 is 15.4 Å². The van der Waals surface area contributed by atoms with Crippen LogP contribution in [0.25, 0.3) is 0 Å². The normalized spacial score (nSPS) is 20.6. The molecule has 1 fully saturated rings. The SMILES string of the molecule is CCCS(=O)(=O)C[C@H]1CCN(C(=O)OC(C)(C)C)C1. The zero-order valence-electron chi connectivity index (χ0n) is 12.3. The fraction of sp³-hybridized carbons (Fsp3) is 0.923. The van der Waals surface area contributed by atoms with Crippen LogP contribution in [0.3, 0.4) is 0 Å². The molecule has 1 rings (SSSR count). The summed E-state index contributed by atoms with van der Waals surface area (Å²) in [7, 11) is -2.98. The highest BCUT2D eigenvalue weighted by molar-refractivity contribution is 7.91. The molecular formula is C13H25NO4S. The number of likely N-dealkylation sites (tertiary alicyclic amines) is 1. The minimum Gasteiger partial charge on any atom is -0.444 e. The van der Waals surface area contributed by atoms with Crippen molar-refractivity contribution in [2.75, 3.05) is 24.6 Å². The first-order valence-corrected chi connectivity index (χ1v) is 8.63. The van der Waals surface area contributed by atoms with Crippen LogP contribution in [0.4, 0.5) is 4.79 Å². The van der Waals surface area contributed by atoms with Gasteiger partial charge in [0.15, 0.2) is 9.84 Å². The smallest absolute Gasteiger partial charge is 0.410 e. The first-order valence-electron chi connectivity index (χ1n) is 6.81. The maximum absolute atomic E-state index is 11.9. The van der Waals surface area contributed by atoms with Crippen LogP contribution in [0.15, 0.2) is 0 Å². The molecule has 0 unspecified atom stereocenters. The van der Waals surface area contributed by atoms with Gasteiger partial charge in [-0.05, 0) is 39.5 Å². The minimum atomic E-state index is -2.98. The Morgan fingerprint density at radius 1 is 1.37 bits per heavy atom. The molecule has 0 spiro atoms. The highest BCUT2D eigenvalue weighted by atomic mass is 32.2. The maximum atomic E-state index is 11.9. The van der Waals surface area contributed by atoms with E-state index in [9.17, 15) is 13.2 Å². The number of hydrogen-bond donors (Lipinski definition) is 0. The molecule has 1 aliphatic rings. The van der Waals surface area contributed by atoms with E-state index >= 15 is 0 Å². The van der Waals surface area contributed by atoms with Crippen molar-refractivity contribution < 1.29 is 17.9 Å². The number of sulfone groups is 1. The zero-order valence-corrected chi connectivity index (χ0v) is 13.1. The van der Waals surface area contributed by atoms with Gasteiger partial charge >= 0.3 is 6.09 Å². The van der Waals surface area contributed by atoms with Crippen molar-refractivity contribution >= 4 is 15.9 Å². The predicted molar refractivity (Wildman–Crippen MR) is 74.9 cm³/mol. The lowest BCUT2D eigenvalue weighted by Crippen LogP contribution is -2.35. The molecule has 0 aromatic carbocycles. The molecule has 1 heterocycles. The average Bonchev–Trinajstić information content (AvgIpc) is 2.62. The van der Waals surface area contributed by atoms with E-state index in [-0.39, 0.29) is 23.5 Å². The minimum absolute atomic E-state index is 0.0454. The van der Waals surface area contributed by atoms with Crippen LogP contribution in [-0.4, -0.2) is 49.6 Å². The van der Waals surface area contributed by atoms with Crippen molar-refractivity contribution in [3.8, 4) is 0 Å². The van der Waals surface area contributed by atoms with Crippen molar-refractivity contribution in [2.24, 2.45) is 5.92 Å². The van der Waals surface area contributed by atoms with Crippen molar-refractivity contribution in [3.63, 3.8) is 0 Å². The Morgan fingerprint density at radius 2 is 2.00 bits per heavy atom. The van der Waals surface area contributed by atoms with E-state index in [0.29, 0.717) is 19.5 Å². The van der Waals surface area contributed by atoms with Gasteiger partial charge in [0, 0.05) is 18.8 Å². The monoisotopic (exact) mass is 291 g/mol. The molecule has 0 aromatic rings. The summed E-state index contributed by atoms with van der Waals surface area (Å²) in [4.78, 5) is 13.5. The second-order valence-corrected chi connectivity index (χ2v) is 8.42. The van der Waals surface area contributed by atoms with Crippen molar-refractivity contribution in [1.82, 2.24) is 4.90 Å². The summed E-state index contributed by atoms with van der Waals surface area (Å²) in [6.45, 7) is 8.40. The number of amides is 1. The predicted octanol–water partition coefficient (Wildman–Crippen LogP) is 2.07. The molecule has 0 saturated carbocycles. The first-order chi connectivity index (χ1) is 8.63. The lowest BCUT2D eigenvalue weighted by Gasteiger charge is -2.24. The lowest BCUT2D eigenvalue weighted by atomic mass is 10.2. The third-order valence-corrected chi connectivity index (χ3v) is 4.95. The van der Waals surface area contributed by atoms with Crippen molar-refractivity contribution in [3.05, 3.63) is 0 Å². The summed E-state index contributed by atoms with van der Waals surface area (Å²) in [5.41, 5.74) is -0.510. The van der Waals surface area contributed by atoms with Crippen LogP contribution >= 0.6 is 0 Å². The van der Waals surface area contributed by atoms with Gasteiger partial charge in [0.2, 0.25) is 0 Å². The Bertz CT molecular complexity index is 411. The summed E-state index contributed by atoms with van der Waals surface area (Å²) in [5.74, 6) is 0.458. The topological polar surface area (TPSA) is 63.7 Å². The van der Waals surface area contributed by atoms with E-state index in [1.807, 2.05) is 27.7 Å². The Morgan fingerprint density at radius 3 is 2.53 bits per heavy atom. The zero-order chi connectivity index (χ0) is 14.7. The molecule has 6 heteroatoms. The van der Waals surface area contributed by atoms with Crippen molar-refractivity contribution in [1.29, 1.82) is 0 Å². The van der Waals surface area contributed by atoms with Gasteiger partial charge in [0.1, 0.15) is 5.60 Å². The molecule has 5 nitrogen and oxygen atoms in total. The standard InChI is InChI=1S/C13H25NO4S/c1-5-8-19(16,17)10-11-6-7-14(9-11)12(15)18-13(2,3)4/h11H,5-10H2,1-4H3/t11-/m0/s1. The fourth-order valence-corrected chi connectivity index (χ4v) is 3.99. The Balaban J connectivity index is 2.48. The van der Waals surface area contributed by atoms with Crippen LogP contribution < -0.4 is 0 Å². The molecule has 0 aliphatic carbocycles.